The van der Waals surface area contributed by atoms with Crippen molar-refractivity contribution in [1.29, 1.82) is 0 Å². The highest BCUT2D eigenvalue weighted by molar-refractivity contribution is 7.88. The van der Waals surface area contributed by atoms with Gasteiger partial charge in [0.05, 0.1) is 6.61 Å². The zero-order chi connectivity index (χ0) is 38.0. The van der Waals surface area contributed by atoms with Crippen LogP contribution in [-0.2, 0) is 29.3 Å². The van der Waals surface area contributed by atoms with E-state index in [1.807, 2.05) is 0 Å². The minimum atomic E-state index is -3.91. The predicted octanol–water partition coefficient (Wildman–Crippen LogP) is 9.50. The van der Waals surface area contributed by atoms with Gasteiger partial charge in [-0.05, 0) is 83.8 Å². The lowest BCUT2D eigenvalue weighted by molar-refractivity contribution is -0.150. The second-order valence-electron chi connectivity index (χ2n) is 14.6. The molecule has 0 aliphatic heterocycles. The van der Waals surface area contributed by atoms with Crippen LogP contribution in [0.4, 0.5) is 0 Å². The van der Waals surface area contributed by atoms with Gasteiger partial charge in [0.15, 0.2) is 0 Å². The van der Waals surface area contributed by atoms with Gasteiger partial charge >= 0.3 is 22.1 Å². The Labute approximate surface area is 314 Å². The first-order valence-corrected chi connectivity index (χ1v) is 22.4. The zero-order valence-corrected chi connectivity index (χ0v) is 34.6. The summed E-state index contributed by atoms with van der Waals surface area (Å²) in [6.45, 7) is 10.2. The second-order valence-corrected chi connectivity index (χ2v) is 15.8. The Morgan fingerprint density at radius 3 is 1.61 bits per heavy atom. The monoisotopic (exact) mass is 745 g/mol. The van der Waals surface area contributed by atoms with Crippen molar-refractivity contribution in [2.24, 2.45) is 9.54 Å². The lowest BCUT2D eigenvalue weighted by Gasteiger charge is -2.23. The quantitative estimate of drug-likeness (QED) is 0.0291. The van der Waals surface area contributed by atoms with Gasteiger partial charge in [-0.2, -0.15) is 8.42 Å². The third-order valence-electron chi connectivity index (χ3n) is 9.40. The molecule has 0 spiro atoms. The Bertz CT molecular complexity index is 976. The molecular weight excluding hydrogens is 665 g/mol. The van der Waals surface area contributed by atoms with Crippen molar-refractivity contribution in [3.05, 3.63) is 0 Å². The van der Waals surface area contributed by atoms with Crippen LogP contribution in [-0.4, -0.2) is 82.4 Å². The highest BCUT2D eigenvalue weighted by Gasteiger charge is 2.14. The smallest absolute Gasteiger partial charge is 0.318 e. The Morgan fingerprint density at radius 2 is 1.04 bits per heavy atom. The number of rotatable bonds is 36. The van der Waals surface area contributed by atoms with Gasteiger partial charge in [-0.1, -0.05) is 111 Å². The Morgan fingerprint density at radius 1 is 0.588 bits per heavy atom. The molecule has 0 fully saturated rings. The fourth-order valence-electron chi connectivity index (χ4n) is 6.25. The van der Waals surface area contributed by atoms with Crippen LogP contribution < -0.4 is 5.14 Å². The van der Waals surface area contributed by atoms with Gasteiger partial charge in [0.1, 0.15) is 11.9 Å². The Kier molecular flexibility index (Phi) is 32.9. The fourth-order valence-corrected chi connectivity index (χ4v) is 6.79. The standard InChI is InChI=1S/C40H80N4O6S/c1-6-9-12-19-27-36-49-39(45)31-21-15-13-17-24-33-44(35-26-23-30-38(43(4)5)42-51(41,47)48)34-25-18-14-16-22-32-40(46)50-37(28-11-8-3)29-20-10-7-2/h37H,6-36H2,1-5H3,(H2,41,47,48)/b42-38-. The number of hydrogen-bond acceptors (Lipinski definition) is 7. The fraction of sp³-hybridized carbons (Fsp3) is 0.925. The summed E-state index contributed by atoms with van der Waals surface area (Å²) < 4.78 is 37.9. The molecule has 302 valence electrons. The van der Waals surface area contributed by atoms with Gasteiger partial charge in [-0.15, -0.1) is 4.40 Å². The van der Waals surface area contributed by atoms with Crippen LogP contribution in [0.25, 0.3) is 0 Å². The summed E-state index contributed by atoms with van der Waals surface area (Å²) in [6.07, 6.45) is 27.7. The molecule has 1 unspecified atom stereocenters. The van der Waals surface area contributed by atoms with Crippen molar-refractivity contribution in [3.63, 3.8) is 0 Å². The third-order valence-corrected chi connectivity index (χ3v) is 9.87. The zero-order valence-electron chi connectivity index (χ0n) is 33.8. The summed E-state index contributed by atoms with van der Waals surface area (Å²) in [6, 6.07) is 0. The van der Waals surface area contributed by atoms with E-state index < -0.39 is 10.2 Å². The van der Waals surface area contributed by atoms with E-state index in [-0.39, 0.29) is 18.0 Å². The summed E-state index contributed by atoms with van der Waals surface area (Å²) in [5.41, 5.74) is 0. The van der Waals surface area contributed by atoms with Crippen molar-refractivity contribution >= 4 is 28.0 Å². The van der Waals surface area contributed by atoms with Crippen molar-refractivity contribution in [2.45, 2.75) is 200 Å². The van der Waals surface area contributed by atoms with E-state index in [1.165, 1.54) is 32.1 Å². The van der Waals surface area contributed by atoms with E-state index in [0.29, 0.717) is 31.7 Å². The summed E-state index contributed by atoms with van der Waals surface area (Å²) in [5.74, 6) is 0.396. The molecule has 0 bridgehead atoms. The predicted molar refractivity (Wildman–Crippen MR) is 213 cm³/mol. The Hall–Kier alpha value is -1.72. The molecule has 0 aromatic carbocycles. The third kappa shape index (κ3) is 33.8. The molecule has 11 heteroatoms. The molecule has 0 aliphatic rings. The van der Waals surface area contributed by atoms with Gasteiger partial charge < -0.3 is 19.3 Å². The lowest BCUT2D eigenvalue weighted by atomic mass is 10.1. The molecule has 0 rings (SSSR count). The van der Waals surface area contributed by atoms with E-state index in [9.17, 15) is 18.0 Å². The molecule has 51 heavy (non-hydrogen) atoms. The van der Waals surface area contributed by atoms with E-state index >= 15 is 0 Å². The first-order chi connectivity index (χ1) is 24.5. The normalized spacial score (nSPS) is 12.7. The molecule has 0 heterocycles. The maximum Gasteiger partial charge on any atom is 0.318 e. The van der Waals surface area contributed by atoms with Crippen molar-refractivity contribution in [1.82, 2.24) is 9.80 Å². The first-order valence-electron chi connectivity index (χ1n) is 20.9. The number of nitrogens with zero attached hydrogens (tertiary/aromatic N) is 3. The molecule has 0 amide bonds. The van der Waals surface area contributed by atoms with Crippen LogP contribution in [0.1, 0.15) is 194 Å². The van der Waals surface area contributed by atoms with E-state index in [0.717, 1.165) is 142 Å². The van der Waals surface area contributed by atoms with Crippen LogP contribution in [0.3, 0.4) is 0 Å². The SMILES string of the molecule is CCCCCCCOC(=O)CCCCCCCN(CCCCCCCC(=O)OC(CCCC)CCCCC)CCCC/C(=N/S(N)(=O)=O)N(C)C. The van der Waals surface area contributed by atoms with E-state index in [1.54, 1.807) is 19.0 Å². The minimum absolute atomic E-state index is 0.0293. The van der Waals surface area contributed by atoms with Crippen molar-refractivity contribution in [2.75, 3.05) is 40.3 Å². The van der Waals surface area contributed by atoms with Crippen LogP contribution >= 0.6 is 0 Å². The number of nitrogens with two attached hydrogens (primary N) is 1. The second kappa shape index (κ2) is 34.1. The number of carbonyl (C=O) groups is 2. The van der Waals surface area contributed by atoms with Crippen molar-refractivity contribution < 1.29 is 27.5 Å². The maximum atomic E-state index is 12.5. The number of amidine groups is 1. The number of ether oxygens (including phenoxy) is 2. The molecule has 0 saturated heterocycles. The van der Waals surface area contributed by atoms with Gasteiger partial charge in [-0.3, -0.25) is 9.59 Å². The van der Waals surface area contributed by atoms with Gasteiger partial charge in [-0.25, -0.2) is 5.14 Å². The molecule has 2 N–H and O–H groups in total. The van der Waals surface area contributed by atoms with E-state index in [2.05, 4.69) is 30.1 Å². The van der Waals surface area contributed by atoms with E-state index in [4.69, 9.17) is 14.6 Å². The number of hydrogen-bond donors (Lipinski definition) is 1. The van der Waals surface area contributed by atoms with Gasteiger partial charge in [0, 0.05) is 33.4 Å². The highest BCUT2D eigenvalue weighted by Crippen LogP contribution is 2.16. The molecule has 1 atom stereocenters. The maximum absolute atomic E-state index is 12.5. The number of esters is 2. The summed E-state index contributed by atoms with van der Waals surface area (Å²) in [4.78, 5) is 28.8. The first kappa shape index (κ1) is 49.3. The summed E-state index contributed by atoms with van der Waals surface area (Å²) in [5, 5.41) is 5.15. The molecule has 0 aromatic rings. The van der Waals surface area contributed by atoms with Crippen LogP contribution in [0.15, 0.2) is 4.40 Å². The summed E-state index contributed by atoms with van der Waals surface area (Å²) >= 11 is 0. The molecule has 0 aliphatic carbocycles. The molecule has 0 aromatic heterocycles. The largest absolute Gasteiger partial charge is 0.466 e. The molecule has 10 nitrogen and oxygen atoms in total. The molecular formula is C40H80N4O6S. The minimum Gasteiger partial charge on any atom is -0.466 e. The lowest BCUT2D eigenvalue weighted by Crippen LogP contribution is -2.28. The summed E-state index contributed by atoms with van der Waals surface area (Å²) in [7, 11) is -0.336. The van der Waals surface area contributed by atoms with Crippen molar-refractivity contribution in [3.8, 4) is 0 Å². The number of unbranched alkanes of at least 4 members (excludes halogenated alkanes) is 16. The van der Waals surface area contributed by atoms with Crippen LogP contribution in [0.2, 0.25) is 0 Å². The highest BCUT2D eigenvalue weighted by atomic mass is 32.2. The van der Waals surface area contributed by atoms with Gasteiger partial charge in [0.2, 0.25) is 0 Å². The topological polar surface area (TPSA) is 132 Å². The Balaban J connectivity index is 4.52. The van der Waals surface area contributed by atoms with Crippen LogP contribution in [0, 0.1) is 0 Å². The molecule has 0 saturated carbocycles. The number of carbonyl (C=O) groups excluding carboxylic acids is 2. The van der Waals surface area contributed by atoms with Crippen LogP contribution in [0.5, 0.6) is 0 Å². The molecule has 0 radical (unpaired) electrons. The average molecular weight is 745 g/mol. The van der Waals surface area contributed by atoms with Gasteiger partial charge in [0.25, 0.3) is 0 Å². The average Bonchev–Trinajstić information content (AvgIpc) is 3.08.